The van der Waals surface area contributed by atoms with Gasteiger partial charge in [0.15, 0.2) is 47.7 Å². The molecule has 0 spiro atoms. The highest BCUT2D eigenvalue weighted by atomic mass is 35.5. The van der Waals surface area contributed by atoms with Crippen molar-refractivity contribution >= 4 is 57.2 Å². The molecule has 6 aromatic rings. The van der Waals surface area contributed by atoms with E-state index in [1.54, 1.807) is 0 Å². The minimum absolute atomic E-state index is 0.0615. The third-order valence-corrected chi connectivity index (χ3v) is 8.08. The van der Waals surface area contributed by atoms with Crippen molar-refractivity contribution in [3.8, 4) is 0 Å². The summed E-state index contributed by atoms with van der Waals surface area (Å²) in [6, 6.07) is 2.28. The number of fused-ring (bicyclic) bond motifs is 2. The Labute approximate surface area is 326 Å². The van der Waals surface area contributed by atoms with Gasteiger partial charge in [0.25, 0.3) is 11.1 Å². The molecule has 2 aliphatic rings. The topological polar surface area (TPSA) is 405 Å². The second-order valence-corrected chi connectivity index (χ2v) is 12.0. The third kappa shape index (κ3) is 9.97. The molecule has 25 nitrogen and oxygen atoms in total. The fourth-order valence-corrected chi connectivity index (χ4v) is 5.43. The number of nitrogens with two attached hydrogens (primary N) is 2. The van der Waals surface area contributed by atoms with Gasteiger partial charge in [0, 0.05) is 24.5 Å². The van der Waals surface area contributed by atoms with E-state index in [9.17, 15) is 38.2 Å². The summed E-state index contributed by atoms with van der Waals surface area (Å²) in [7, 11) is 0. The number of alkyl halides is 2. The fraction of sp³-hybridized carbons (Fsp3) is 0.357. The van der Waals surface area contributed by atoms with Crippen molar-refractivity contribution in [3.63, 3.8) is 0 Å². The lowest BCUT2D eigenvalue weighted by atomic mass is 10.1. The number of aromatic nitrogens is 12. The van der Waals surface area contributed by atoms with E-state index in [1.807, 2.05) is 9.97 Å². The number of aliphatic hydroxyl groups is 4. The molecular weight excluding hydrogens is 815 g/mol. The van der Waals surface area contributed by atoms with E-state index >= 15 is 0 Å². The quantitative estimate of drug-likeness (QED) is 0.0823. The van der Waals surface area contributed by atoms with Gasteiger partial charge >= 0.3 is 11.4 Å². The first-order valence-corrected chi connectivity index (χ1v) is 16.4. The highest BCUT2D eigenvalue weighted by Gasteiger charge is 2.46. The minimum Gasteiger partial charge on any atom is -0.394 e. The molecular formula is C28H33Cl2F2N15O10. The number of hydrogen-bond donors (Lipinski definition) is 11. The molecule has 6 aromatic heterocycles. The van der Waals surface area contributed by atoms with E-state index < -0.39 is 79.4 Å². The summed E-state index contributed by atoms with van der Waals surface area (Å²) in [5, 5.41) is 36.9. The summed E-state index contributed by atoms with van der Waals surface area (Å²) in [5.41, 5.74) is 10.4. The molecule has 0 amide bonds. The van der Waals surface area contributed by atoms with Crippen LogP contribution in [0.4, 0.5) is 20.4 Å². The molecule has 57 heavy (non-hydrogen) atoms. The number of halogens is 4. The predicted octanol–water partition coefficient (Wildman–Crippen LogP) is -2.41. The number of anilines is 2. The van der Waals surface area contributed by atoms with Gasteiger partial charge in [-0.05, 0) is 23.2 Å². The Morgan fingerprint density at radius 2 is 1.46 bits per heavy atom. The molecule has 2 saturated heterocycles. The number of nitrogens with one attached hydrogen (secondary N) is 4. The van der Waals surface area contributed by atoms with Crippen LogP contribution in [0.3, 0.4) is 0 Å². The number of nitrogen functional groups attached to an aromatic ring is 2. The van der Waals surface area contributed by atoms with Crippen LogP contribution in [0, 0.1) is 0 Å². The van der Waals surface area contributed by atoms with Crippen molar-refractivity contribution in [2.45, 2.75) is 49.2 Å². The number of rotatable bonds is 4. The molecule has 15 N–H and O–H groups in total. The van der Waals surface area contributed by atoms with E-state index in [2.05, 4.69) is 39.9 Å². The lowest BCUT2D eigenvalue weighted by Crippen LogP contribution is -2.35. The van der Waals surface area contributed by atoms with Crippen molar-refractivity contribution in [2.24, 2.45) is 0 Å². The van der Waals surface area contributed by atoms with Gasteiger partial charge in [-0.3, -0.25) is 28.7 Å². The highest BCUT2D eigenvalue weighted by Crippen LogP contribution is 2.34. The lowest BCUT2D eigenvalue weighted by Gasteiger charge is -2.15. The van der Waals surface area contributed by atoms with Crippen LogP contribution in [0.1, 0.15) is 12.5 Å². The van der Waals surface area contributed by atoms with Crippen molar-refractivity contribution in [1.29, 1.82) is 0 Å². The van der Waals surface area contributed by atoms with Crippen LogP contribution in [-0.2, 0) is 9.47 Å². The average molecular weight is 852 g/mol. The first-order valence-electron chi connectivity index (χ1n) is 16.7. The molecule has 8 heterocycles. The maximum absolute atomic E-state index is 14.1. The number of ether oxygens (including phenoxy) is 2. The monoisotopic (exact) mass is 850 g/mol. The summed E-state index contributed by atoms with van der Waals surface area (Å²) in [6.45, 7) is -1.06. The van der Waals surface area contributed by atoms with E-state index in [0.29, 0.717) is 17.0 Å². The molecule has 0 aliphatic carbocycles. The zero-order valence-corrected chi connectivity index (χ0v) is 30.0. The Kier molecular flexibility index (Phi) is 13.6. The van der Waals surface area contributed by atoms with Crippen LogP contribution in [0.2, 0.25) is 13.4 Å². The van der Waals surface area contributed by atoms with Gasteiger partial charge < -0.3 is 57.5 Å². The molecule has 0 saturated carbocycles. The number of H-pyrrole nitrogens is 4. The van der Waals surface area contributed by atoms with Crippen molar-refractivity contribution in [3.05, 3.63) is 89.4 Å². The van der Waals surface area contributed by atoms with Crippen molar-refractivity contribution < 1.29 is 41.5 Å². The normalized spacial score (nSPS) is 24.1. The Bertz CT molecular complexity index is 2520. The molecule has 0 aromatic carbocycles. The summed E-state index contributed by atoms with van der Waals surface area (Å²) in [6.07, 6.45) is -4.77. The van der Waals surface area contributed by atoms with Crippen LogP contribution < -0.4 is 40.1 Å². The summed E-state index contributed by atoms with van der Waals surface area (Å²) >= 11 is 11.2. The van der Waals surface area contributed by atoms with Crippen LogP contribution >= 0.6 is 23.2 Å². The zero-order chi connectivity index (χ0) is 43.6. The first-order chi connectivity index (χ1) is 28.0. The van der Waals surface area contributed by atoms with Gasteiger partial charge in [-0.2, -0.15) is 19.9 Å². The van der Waals surface area contributed by atoms with E-state index in [-0.39, 0.29) is 33.1 Å². The number of imidazole rings is 2. The summed E-state index contributed by atoms with van der Waals surface area (Å²) in [4.78, 5) is 74.7. The van der Waals surface area contributed by atoms with Crippen LogP contribution in [-0.4, -0.2) is 129 Å². The van der Waals surface area contributed by atoms with E-state index in [1.165, 1.54) is 35.6 Å². The average Bonchev–Trinajstić information content (AvgIpc) is 3.96. The van der Waals surface area contributed by atoms with Gasteiger partial charge in [-0.1, -0.05) is 0 Å². The molecule has 2 fully saturated rings. The number of aliphatic hydroxyl groups excluding tert-OH is 4. The van der Waals surface area contributed by atoms with Crippen LogP contribution in [0.5, 0.6) is 0 Å². The number of nitrogens with zero attached hydrogens (tertiary/aromatic N) is 8. The van der Waals surface area contributed by atoms with E-state index in [0.717, 1.165) is 16.8 Å². The second-order valence-electron chi connectivity index (χ2n) is 11.4. The maximum atomic E-state index is 14.1. The van der Waals surface area contributed by atoms with Gasteiger partial charge in [0.05, 0.1) is 25.9 Å². The summed E-state index contributed by atoms with van der Waals surface area (Å²) < 4.78 is 51.3. The standard InChI is InChI=1S/C10H11ClFN5O3.C9H11FN2O5.C5H4ClN5.C4H4N2O2.H3N/c11-10-15-7(13)5-8(16-10)17(2-14-5)9-4(12)6(19)3(1-18)20-9;10-6-7(15)4(3-13)17-8(6)12-2-1-5(14)11-9(12)16;6-5-10-3(7)2-4(11-5)9-1-8-2;7-3-1-2-5-4(8)6-3;/h2-4,6,9,18-19H,1H2,(H2,13,15,16);1-2,4,6-8,13,15H,3H2,(H,11,14,16);1H,(H3,7,8,9,10,11);1-2H,(H2,5,6,7,8);1H3/t3-,4-,6?,9-;4-,6-,7?,8-;;;/m11.../s1/i/hTD. The predicted molar refractivity (Wildman–Crippen MR) is 194 cm³/mol. The maximum Gasteiger partial charge on any atom is 0.330 e. The Morgan fingerprint density at radius 1 is 0.877 bits per heavy atom. The van der Waals surface area contributed by atoms with Gasteiger partial charge in [-0.25, -0.2) is 28.3 Å². The van der Waals surface area contributed by atoms with Gasteiger partial charge in [-0.15, -0.1) is 0 Å². The molecule has 2 unspecified atom stereocenters. The van der Waals surface area contributed by atoms with Crippen LogP contribution in [0.15, 0.2) is 56.4 Å². The molecule has 2 aliphatic heterocycles. The van der Waals surface area contributed by atoms with E-state index in [4.69, 9.17) is 57.2 Å². The smallest absolute Gasteiger partial charge is 0.330 e. The van der Waals surface area contributed by atoms with Crippen LogP contribution in [0.25, 0.3) is 22.3 Å². The molecule has 8 rings (SSSR count). The van der Waals surface area contributed by atoms with Gasteiger partial charge in [0.1, 0.15) is 38.3 Å². The minimum atomic E-state index is -1.85. The zero-order valence-electron chi connectivity index (χ0n) is 30.5. The lowest BCUT2D eigenvalue weighted by molar-refractivity contribution is -0.0491. The fourth-order valence-electron chi connectivity index (χ4n) is 5.09. The van der Waals surface area contributed by atoms with Gasteiger partial charge in [0.2, 0.25) is 10.6 Å². The molecule has 29 heteroatoms. The second kappa shape index (κ2) is 18.9. The highest BCUT2D eigenvalue weighted by molar-refractivity contribution is 6.29. The first kappa shape index (κ1) is 40.9. The summed E-state index contributed by atoms with van der Waals surface area (Å²) in [5.74, 6) is 0.379. The van der Waals surface area contributed by atoms with Crippen molar-refractivity contribution in [1.82, 2.24) is 65.1 Å². The Morgan fingerprint density at radius 3 is 2.00 bits per heavy atom. The Hall–Kier alpha value is -5.78. The molecule has 0 bridgehead atoms. The number of aromatic amines is 4. The molecule has 8 atom stereocenters. The third-order valence-electron chi connectivity index (χ3n) is 7.74. The Balaban J connectivity index is 0.000000178. The SMILES string of the molecule is Nc1nc(Cl)nc2c1ncn2[C@@H]1O[C@H](CO)C(O)[C@H]1F.Nc1nc(Cl)nc2nc[nH]c12.O=c1cc[nH]c(=O)[nH]1.O=c1ccn([C@@H]2O[C@H](CO)C(O)[C@H]2F)c(=O)[nH]1.[2H]N[3H]. The van der Waals surface area contributed by atoms with Crippen molar-refractivity contribution in [2.75, 3.05) is 24.7 Å². The molecule has 308 valence electrons. The molecule has 0 radical (unpaired) electrons. The number of hydrogen-bond acceptors (Lipinski definition) is 19. The largest absolute Gasteiger partial charge is 0.394 e.